The van der Waals surface area contributed by atoms with E-state index >= 15 is 0 Å². The van der Waals surface area contributed by atoms with Gasteiger partial charge in [-0.1, -0.05) is 37.3 Å². The molecule has 1 aliphatic carbocycles. The monoisotopic (exact) mass is 395 g/mol. The summed E-state index contributed by atoms with van der Waals surface area (Å²) in [6.45, 7) is 2.57. The van der Waals surface area contributed by atoms with Crippen LogP contribution in [0.5, 0.6) is 11.5 Å². The van der Waals surface area contributed by atoms with E-state index < -0.39 is 12.1 Å². The van der Waals surface area contributed by atoms with E-state index in [1.165, 1.54) is 18.9 Å². The van der Waals surface area contributed by atoms with Crippen LogP contribution in [-0.2, 0) is 9.53 Å². The van der Waals surface area contributed by atoms with Crippen LogP contribution >= 0.6 is 11.6 Å². The Labute approximate surface area is 164 Å². The molecule has 2 aliphatic rings. The van der Waals surface area contributed by atoms with Crippen molar-refractivity contribution in [1.82, 2.24) is 5.32 Å². The number of amides is 1. The summed E-state index contributed by atoms with van der Waals surface area (Å²) in [5.74, 6) is -0.0286. The Balaban J connectivity index is 1.61. The van der Waals surface area contributed by atoms with Gasteiger partial charge in [-0.15, -0.1) is 0 Å². The van der Waals surface area contributed by atoms with E-state index in [9.17, 15) is 9.59 Å². The van der Waals surface area contributed by atoms with E-state index in [-0.39, 0.29) is 22.5 Å². The Morgan fingerprint density at radius 2 is 1.81 bits per heavy atom. The first-order valence-corrected chi connectivity index (χ1v) is 10.0. The van der Waals surface area contributed by atoms with Crippen molar-refractivity contribution >= 4 is 23.5 Å². The van der Waals surface area contributed by atoms with E-state index in [1.807, 2.05) is 0 Å². The highest BCUT2D eigenvalue weighted by molar-refractivity contribution is 6.32. The maximum absolute atomic E-state index is 12.5. The third kappa shape index (κ3) is 5.28. The summed E-state index contributed by atoms with van der Waals surface area (Å²) in [5.41, 5.74) is 0.235. The van der Waals surface area contributed by atoms with Crippen LogP contribution < -0.4 is 14.8 Å². The molecule has 1 amide bonds. The zero-order valence-corrected chi connectivity index (χ0v) is 16.3. The maximum atomic E-state index is 12.5. The number of halogens is 1. The van der Waals surface area contributed by atoms with E-state index in [0.717, 1.165) is 32.1 Å². The first-order chi connectivity index (χ1) is 13.0. The fraction of sp³-hybridized carbons (Fsp3) is 0.600. The number of esters is 1. The SMILES string of the molecule is C[C@@H](OC(=O)c1cc(Cl)c2c(c1)OCCCO2)C(=O)NC1CCCCCC1. The van der Waals surface area contributed by atoms with E-state index in [0.29, 0.717) is 24.7 Å². The molecule has 1 heterocycles. The number of hydrogen-bond donors (Lipinski definition) is 1. The quantitative estimate of drug-likeness (QED) is 0.618. The minimum Gasteiger partial charge on any atom is -0.489 e. The summed E-state index contributed by atoms with van der Waals surface area (Å²) in [7, 11) is 0. The van der Waals surface area contributed by atoms with Crippen LogP contribution in [0.1, 0.15) is 62.2 Å². The average Bonchev–Trinajstić information content (AvgIpc) is 3.04. The predicted molar refractivity (Wildman–Crippen MR) is 102 cm³/mol. The van der Waals surface area contributed by atoms with Crippen LogP contribution in [0.15, 0.2) is 12.1 Å². The molecule has 1 aromatic rings. The minimum absolute atomic E-state index is 0.161. The smallest absolute Gasteiger partial charge is 0.339 e. The van der Waals surface area contributed by atoms with Crippen molar-refractivity contribution in [2.75, 3.05) is 13.2 Å². The summed E-state index contributed by atoms with van der Waals surface area (Å²) in [6.07, 6.45) is 6.47. The summed E-state index contributed by atoms with van der Waals surface area (Å²) in [4.78, 5) is 24.8. The second-order valence-corrected chi connectivity index (χ2v) is 7.49. The van der Waals surface area contributed by atoms with Gasteiger partial charge in [-0.25, -0.2) is 4.79 Å². The van der Waals surface area contributed by atoms with E-state index in [2.05, 4.69) is 5.32 Å². The van der Waals surface area contributed by atoms with Gasteiger partial charge in [0.25, 0.3) is 5.91 Å². The summed E-state index contributed by atoms with van der Waals surface area (Å²) in [6, 6.07) is 3.19. The number of nitrogens with one attached hydrogen (secondary N) is 1. The van der Waals surface area contributed by atoms with Crippen LogP contribution in [0.2, 0.25) is 5.02 Å². The summed E-state index contributed by atoms with van der Waals surface area (Å²) >= 11 is 6.22. The van der Waals surface area contributed by atoms with Gasteiger partial charge in [-0.2, -0.15) is 0 Å². The van der Waals surface area contributed by atoms with Crippen LogP contribution in [0, 0.1) is 0 Å². The van der Waals surface area contributed by atoms with Gasteiger partial charge in [0.15, 0.2) is 17.6 Å². The van der Waals surface area contributed by atoms with Gasteiger partial charge in [-0.05, 0) is 31.9 Å². The number of fused-ring (bicyclic) bond motifs is 1. The molecule has 7 heteroatoms. The highest BCUT2D eigenvalue weighted by Gasteiger charge is 2.24. The first kappa shape index (κ1) is 19.8. The molecule has 6 nitrogen and oxygen atoms in total. The molecule has 0 saturated heterocycles. The Hall–Kier alpha value is -1.95. The second-order valence-electron chi connectivity index (χ2n) is 7.08. The lowest BCUT2D eigenvalue weighted by molar-refractivity contribution is -0.129. The van der Waals surface area contributed by atoms with Crippen LogP contribution in [-0.4, -0.2) is 37.2 Å². The molecule has 1 N–H and O–H groups in total. The number of rotatable bonds is 4. The Morgan fingerprint density at radius 1 is 1.11 bits per heavy atom. The van der Waals surface area contributed by atoms with Crippen molar-refractivity contribution in [1.29, 1.82) is 0 Å². The van der Waals surface area contributed by atoms with E-state index in [1.54, 1.807) is 13.0 Å². The van der Waals surface area contributed by atoms with Crippen LogP contribution in [0.25, 0.3) is 0 Å². The highest BCUT2D eigenvalue weighted by Crippen LogP contribution is 2.38. The number of hydrogen-bond acceptors (Lipinski definition) is 5. The third-order valence-corrected chi connectivity index (χ3v) is 5.17. The number of ether oxygens (including phenoxy) is 3. The molecule has 0 aromatic heterocycles. The minimum atomic E-state index is -0.879. The van der Waals surface area contributed by atoms with Crippen molar-refractivity contribution in [2.45, 2.75) is 64.0 Å². The summed E-state index contributed by atoms with van der Waals surface area (Å²) in [5, 5.41) is 3.29. The maximum Gasteiger partial charge on any atom is 0.339 e. The molecule has 0 bridgehead atoms. The van der Waals surface area contributed by atoms with Gasteiger partial charge in [-0.3, -0.25) is 4.79 Å². The number of benzene rings is 1. The molecule has 27 heavy (non-hydrogen) atoms. The Bertz CT molecular complexity index is 685. The molecule has 0 unspecified atom stereocenters. The van der Waals surface area contributed by atoms with Crippen molar-refractivity contribution in [2.24, 2.45) is 0 Å². The molecule has 1 saturated carbocycles. The number of carbonyl (C=O) groups is 2. The van der Waals surface area contributed by atoms with Gasteiger partial charge < -0.3 is 19.5 Å². The van der Waals surface area contributed by atoms with Crippen molar-refractivity contribution < 1.29 is 23.8 Å². The first-order valence-electron chi connectivity index (χ1n) is 9.65. The largest absolute Gasteiger partial charge is 0.489 e. The van der Waals surface area contributed by atoms with Crippen LogP contribution in [0.3, 0.4) is 0 Å². The van der Waals surface area contributed by atoms with Gasteiger partial charge in [0.1, 0.15) is 0 Å². The normalized spacial score (nSPS) is 18.7. The Kier molecular flexibility index (Phi) is 6.83. The standard InChI is InChI=1S/C20H26ClNO5/c1-13(19(23)22-15-7-4-2-3-5-8-15)27-20(24)14-11-16(21)18-17(12-14)25-9-6-10-26-18/h11-13,15H,2-10H2,1H3,(H,22,23)/t13-/m1/s1. The highest BCUT2D eigenvalue weighted by atomic mass is 35.5. The van der Waals surface area contributed by atoms with E-state index in [4.69, 9.17) is 25.8 Å². The molecule has 148 valence electrons. The van der Waals surface area contributed by atoms with Gasteiger partial charge in [0.2, 0.25) is 0 Å². The molecule has 0 spiro atoms. The fourth-order valence-corrected chi connectivity index (χ4v) is 3.64. The molecule has 0 radical (unpaired) electrons. The summed E-state index contributed by atoms with van der Waals surface area (Å²) < 4.78 is 16.5. The fourth-order valence-electron chi connectivity index (χ4n) is 3.37. The molecular weight excluding hydrogens is 370 g/mol. The van der Waals surface area contributed by atoms with Gasteiger partial charge in [0.05, 0.1) is 23.8 Å². The lowest BCUT2D eigenvalue weighted by Crippen LogP contribution is -2.41. The molecule has 1 fully saturated rings. The average molecular weight is 396 g/mol. The molecule has 1 aliphatic heterocycles. The lowest BCUT2D eigenvalue weighted by atomic mass is 10.1. The number of carbonyl (C=O) groups excluding carboxylic acids is 2. The van der Waals surface area contributed by atoms with Gasteiger partial charge >= 0.3 is 5.97 Å². The van der Waals surface area contributed by atoms with Crippen molar-refractivity contribution in [3.63, 3.8) is 0 Å². The predicted octanol–water partition coefficient (Wildman–Crippen LogP) is 3.89. The topological polar surface area (TPSA) is 73.9 Å². The van der Waals surface area contributed by atoms with Crippen molar-refractivity contribution in [3.05, 3.63) is 22.7 Å². The second kappa shape index (κ2) is 9.31. The lowest BCUT2D eigenvalue weighted by Gasteiger charge is -2.20. The third-order valence-electron chi connectivity index (χ3n) is 4.89. The zero-order valence-electron chi connectivity index (χ0n) is 15.6. The molecule has 3 rings (SSSR count). The van der Waals surface area contributed by atoms with Crippen LogP contribution in [0.4, 0.5) is 0 Å². The molecular formula is C20H26ClNO5. The van der Waals surface area contributed by atoms with Gasteiger partial charge in [0, 0.05) is 12.5 Å². The molecule has 1 aromatic carbocycles. The Morgan fingerprint density at radius 3 is 2.56 bits per heavy atom. The van der Waals surface area contributed by atoms with Crippen molar-refractivity contribution in [3.8, 4) is 11.5 Å². The molecule has 1 atom stereocenters. The zero-order chi connectivity index (χ0) is 19.2.